The SMILES string of the molecule is CC1(C)CCCC1(N)N. The zero-order valence-electron chi connectivity index (χ0n) is 6.28. The minimum atomic E-state index is -0.410. The summed E-state index contributed by atoms with van der Waals surface area (Å²) >= 11 is 0. The van der Waals surface area contributed by atoms with Crippen molar-refractivity contribution in [1.29, 1.82) is 0 Å². The van der Waals surface area contributed by atoms with E-state index in [1.54, 1.807) is 0 Å². The molecule has 1 saturated carbocycles. The Bertz CT molecular complexity index is 102. The number of nitrogens with two attached hydrogens (primary N) is 2. The van der Waals surface area contributed by atoms with Gasteiger partial charge in [-0.2, -0.15) is 0 Å². The van der Waals surface area contributed by atoms with Gasteiger partial charge in [0.15, 0.2) is 0 Å². The van der Waals surface area contributed by atoms with Crippen molar-refractivity contribution in [2.45, 2.75) is 38.8 Å². The Hall–Kier alpha value is -0.0800. The van der Waals surface area contributed by atoms with Gasteiger partial charge < -0.3 is 11.5 Å². The van der Waals surface area contributed by atoms with E-state index in [2.05, 4.69) is 13.8 Å². The monoisotopic (exact) mass is 128 g/mol. The zero-order valence-corrected chi connectivity index (χ0v) is 6.28. The maximum Gasteiger partial charge on any atom is 0.0689 e. The van der Waals surface area contributed by atoms with Gasteiger partial charge >= 0.3 is 0 Å². The van der Waals surface area contributed by atoms with E-state index in [0.29, 0.717) is 0 Å². The molecule has 1 aliphatic rings. The van der Waals surface area contributed by atoms with Gasteiger partial charge in [-0.05, 0) is 24.7 Å². The lowest BCUT2D eigenvalue weighted by Crippen LogP contribution is -2.56. The van der Waals surface area contributed by atoms with E-state index in [0.717, 1.165) is 6.42 Å². The fourth-order valence-corrected chi connectivity index (χ4v) is 1.39. The van der Waals surface area contributed by atoms with Gasteiger partial charge in [0.05, 0.1) is 5.66 Å². The average molecular weight is 128 g/mol. The first-order chi connectivity index (χ1) is 3.96. The van der Waals surface area contributed by atoms with Crippen LogP contribution in [0.15, 0.2) is 0 Å². The van der Waals surface area contributed by atoms with Crippen LogP contribution in [-0.2, 0) is 0 Å². The van der Waals surface area contributed by atoms with Gasteiger partial charge in [0.25, 0.3) is 0 Å². The van der Waals surface area contributed by atoms with Crippen LogP contribution in [0.4, 0.5) is 0 Å². The fraction of sp³-hybridized carbons (Fsp3) is 1.00. The summed E-state index contributed by atoms with van der Waals surface area (Å²) in [7, 11) is 0. The van der Waals surface area contributed by atoms with Crippen LogP contribution in [0.25, 0.3) is 0 Å². The van der Waals surface area contributed by atoms with Crippen molar-refractivity contribution in [3.8, 4) is 0 Å². The molecule has 2 heteroatoms. The minimum absolute atomic E-state index is 0.146. The van der Waals surface area contributed by atoms with Crippen molar-refractivity contribution in [2.24, 2.45) is 16.9 Å². The summed E-state index contributed by atoms with van der Waals surface area (Å²) < 4.78 is 0. The lowest BCUT2D eigenvalue weighted by molar-refractivity contribution is 0.216. The molecule has 0 aliphatic heterocycles. The first-order valence-corrected chi connectivity index (χ1v) is 3.53. The van der Waals surface area contributed by atoms with Gasteiger partial charge in [-0.1, -0.05) is 13.8 Å². The summed E-state index contributed by atoms with van der Waals surface area (Å²) in [6, 6.07) is 0. The molecule has 54 valence electrons. The number of hydrogen-bond acceptors (Lipinski definition) is 2. The third kappa shape index (κ3) is 0.970. The minimum Gasteiger partial charge on any atom is -0.313 e. The second-order valence-corrected chi connectivity index (χ2v) is 3.78. The van der Waals surface area contributed by atoms with Gasteiger partial charge in [-0.25, -0.2) is 0 Å². The summed E-state index contributed by atoms with van der Waals surface area (Å²) in [4.78, 5) is 0. The summed E-state index contributed by atoms with van der Waals surface area (Å²) in [5, 5.41) is 0. The summed E-state index contributed by atoms with van der Waals surface area (Å²) in [5.74, 6) is 0. The molecule has 0 bridgehead atoms. The Morgan fingerprint density at radius 1 is 1.11 bits per heavy atom. The van der Waals surface area contributed by atoms with Gasteiger partial charge in [-0.3, -0.25) is 0 Å². The lowest BCUT2D eigenvalue weighted by Gasteiger charge is -2.33. The molecule has 2 nitrogen and oxygen atoms in total. The van der Waals surface area contributed by atoms with E-state index < -0.39 is 5.66 Å². The van der Waals surface area contributed by atoms with Gasteiger partial charge in [0.2, 0.25) is 0 Å². The molecule has 0 amide bonds. The molecule has 0 atom stereocenters. The van der Waals surface area contributed by atoms with E-state index in [9.17, 15) is 0 Å². The Balaban J connectivity index is 2.75. The maximum absolute atomic E-state index is 5.83. The smallest absolute Gasteiger partial charge is 0.0689 e. The van der Waals surface area contributed by atoms with Crippen LogP contribution in [0.3, 0.4) is 0 Å². The Morgan fingerprint density at radius 2 is 1.67 bits per heavy atom. The van der Waals surface area contributed by atoms with E-state index in [-0.39, 0.29) is 5.41 Å². The van der Waals surface area contributed by atoms with Crippen LogP contribution in [0.5, 0.6) is 0 Å². The Labute approximate surface area is 56.6 Å². The van der Waals surface area contributed by atoms with Crippen molar-refractivity contribution < 1.29 is 0 Å². The van der Waals surface area contributed by atoms with Crippen LogP contribution in [0.1, 0.15) is 33.1 Å². The lowest BCUT2D eigenvalue weighted by atomic mass is 9.83. The van der Waals surface area contributed by atoms with Crippen LogP contribution in [0, 0.1) is 5.41 Å². The molecule has 4 N–H and O–H groups in total. The molecule has 0 aromatic rings. The van der Waals surface area contributed by atoms with E-state index >= 15 is 0 Å². The normalized spacial score (nSPS) is 30.7. The third-order valence-corrected chi connectivity index (χ3v) is 2.65. The molecule has 0 spiro atoms. The molecular weight excluding hydrogens is 112 g/mol. The van der Waals surface area contributed by atoms with Crippen molar-refractivity contribution >= 4 is 0 Å². The number of rotatable bonds is 0. The van der Waals surface area contributed by atoms with Crippen LogP contribution >= 0.6 is 0 Å². The predicted molar refractivity (Wildman–Crippen MR) is 38.7 cm³/mol. The van der Waals surface area contributed by atoms with Crippen LogP contribution < -0.4 is 11.5 Å². The average Bonchev–Trinajstić information content (AvgIpc) is 1.81. The van der Waals surface area contributed by atoms with E-state index in [1.807, 2.05) is 0 Å². The van der Waals surface area contributed by atoms with Crippen molar-refractivity contribution in [3.63, 3.8) is 0 Å². The highest BCUT2D eigenvalue weighted by molar-refractivity contribution is 4.97. The topological polar surface area (TPSA) is 52.0 Å². The maximum atomic E-state index is 5.83. The van der Waals surface area contributed by atoms with Gasteiger partial charge in [0.1, 0.15) is 0 Å². The standard InChI is InChI=1S/C7H16N2/c1-6(2)4-3-5-7(6,8)9/h3-5,8-9H2,1-2H3. The highest BCUT2D eigenvalue weighted by Crippen LogP contribution is 2.40. The summed E-state index contributed by atoms with van der Waals surface area (Å²) in [6.45, 7) is 4.28. The Morgan fingerprint density at radius 3 is 1.78 bits per heavy atom. The van der Waals surface area contributed by atoms with Gasteiger partial charge in [-0.15, -0.1) is 0 Å². The van der Waals surface area contributed by atoms with E-state index in [4.69, 9.17) is 11.5 Å². The molecule has 0 unspecified atom stereocenters. The van der Waals surface area contributed by atoms with E-state index in [1.165, 1.54) is 12.8 Å². The molecule has 0 radical (unpaired) electrons. The molecular formula is C7H16N2. The second kappa shape index (κ2) is 1.70. The predicted octanol–water partition coefficient (Wildman–Crippen LogP) is 0.810. The van der Waals surface area contributed by atoms with Crippen LogP contribution in [-0.4, -0.2) is 5.66 Å². The van der Waals surface area contributed by atoms with Crippen molar-refractivity contribution in [1.82, 2.24) is 0 Å². The van der Waals surface area contributed by atoms with Crippen molar-refractivity contribution in [3.05, 3.63) is 0 Å². The first kappa shape index (κ1) is 7.03. The molecule has 0 aromatic carbocycles. The molecule has 0 aromatic heterocycles. The molecule has 0 saturated heterocycles. The molecule has 1 fully saturated rings. The largest absolute Gasteiger partial charge is 0.313 e. The molecule has 1 rings (SSSR count). The quantitative estimate of drug-likeness (QED) is 0.474. The highest BCUT2D eigenvalue weighted by atomic mass is 15.0. The number of hydrogen-bond donors (Lipinski definition) is 2. The fourth-order valence-electron chi connectivity index (χ4n) is 1.39. The summed E-state index contributed by atoms with van der Waals surface area (Å²) in [6.07, 6.45) is 3.32. The van der Waals surface area contributed by atoms with Crippen LogP contribution in [0.2, 0.25) is 0 Å². The molecule has 0 heterocycles. The zero-order chi connectivity index (χ0) is 7.12. The third-order valence-electron chi connectivity index (χ3n) is 2.65. The second-order valence-electron chi connectivity index (χ2n) is 3.78. The van der Waals surface area contributed by atoms with Crippen molar-refractivity contribution in [2.75, 3.05) is 0 Å². The molecule has 9 heavy (non-hydrogen) atoms. The summed E-state index contributed by atoms with van der Waals surface area (Å²) in [5.41, 5.74) is 11.4. The molecule has 1 aliphatic carbocycles. The first-order valence-electron chi connectivity index (χ1n) is 3.53. The highest BCUT2D eigenvalue weighted by Gasteiger charge is 2.42. The Kier molecular flexibility index (Phi) is 1.33. The van der Waals surface area contributed by atoms with Gasteiger partial charge in [0, 0.05) is 0 Å².